The second-order valence-electron chi connectivity index (χ2n) is 11.2. The van der Waals surface area contributed by atoms with E-state index in [1.807, 2.05) is 19.9 Å². The Bertz CT molecular complexity index is 1110. The molecular weight excluding hydrogens is 488 g/mol. The van der Waals surface area contributed by atoms with Crippen LogP contribution in [0.15, 0.2) is 23.8 Å². The highest BCUT2D eigenvalue weighted by Crippen LogP contribution is 2.68. The van der Waals surface area contributed by atoms with Gasteiger partial charge in [-0.25, -0.2) is 4.79 Å². The van der Waals surface area contributed by atoms with Gasteiger partial charge in [0.15, 0.2) is 11.4 Å². The Morgan fingerprint density at radius 2 is 1.94 bits per heavy atom. The van der Waals surface area contributed by atoms with Crippen LogP contribution < -0.4 is 0 Å². The average molecular weight is 525 g/mol. The van der Waals surface area contributed by atoms with Crippen LogP contribution >= 0.6 is 0 Å². The molecule has 0 radical (unpaired) electrons. The molecule has 0 aliphatic heterocycles. The molecule has 10 heteroatoms. The highest BCUT2D eigenvalue weighted by molar-refractivity contribution is 7.86. The molecule has 200 valence electrons. The molecule has 7 atom stereocenters. The van der Waals surface area contributed by atoms with Crippen LogP contribution in [0.1, 0.15) is 59.3 Å². The topological polar surface area (TPSA) is 133 Å². The lowest BCUT2D eigenvalue weighted by Crippen LogP contribution is -2.63. The zero-order valence-corrected chi connectivity index (χ0v) is 22.1. The van der Waals surface area contributed by atoms with E-state index in [9.17, 15) is 27.9 Å². The van der Waals surface area contributed by atoms with Crippen molar-refractivity contribution in [2.45, 2.75) is 71.0 Å². The summed E-state index contributed by atoms with van der Waals surface area (Å²) < 4.78 is 39.0. The second kappa shape index (κ2) is 9.36. The summed E-state index contributed by atoms with van der Waals surface area (Å²) >= 11 is 0. The van der Waals surface area contributed by atoms with Gasteiger partial charge in [-0.2, -0.15) is 8.42 Å². The molecular formula is C26H36O9S. The minimum atomic E-state index is -3.91. The zero-order chi connectivity index (χ0) is 26.5. The Hall–Kier alpha value is -2.04. The molecule has 4 rings (SSSR count). The van der Waals surface area contributed by atoms with Gasteiger partial charge >= 0.3 is 6.16 Å². The fourth-order valence-corrected chi connectivity index (χ4v) is 7.95. The molecule has 3 saturated carbocycles. The first kappa shape index (κ1) is 27.0. The normalized spacial score (nSPS) is 39.5. The standard InChI is InChI=1S/C26H36O9S/c1-5-12-33-23(30)35-26(21(29)15-34-36(4,31)32)11-9-19-18-7-6-16-13-17(27)8-10-24(16,2)22(18)20(28)14-25(19,26)3/h8,10,13,18-20,22,28H,5-7,9,11-12,14-15H2,1-4H3/t18-,19-,20?,22+,24-,25-,26-/m0/s1. The quantitative estimate of drug-likeness (QED) is 0.394. The number of Topliss-reactive ketones (excluding diaryl/α,β-unsaturated/α-hetero) is 1. The smallest absolute Gasteiger partial charge is 0.434 e. The molecule has 0 amide bonds. The maximum Gasteiger partial charge on any atom is 0.509 e. The third-order valence-electron chi connectivity index (χ3n) is 9.15. The predicted octanol–water partition coefficient (Wildman–Crippen LogP) is 3.11. The van der Waals surface area contributed by atoms with Gasteiger partial charge in [0.1, 0.15) is 6.61 Å². The number of ether oxygens (including phenoxy) is 2. The number of ketones is 2. The van der Waals surface area contributed by atoms with E-state index in [1.54, 1.807) is 12.2 Å². The van der Waals surface area contributed by atoms with E-state index in [0.29, 0.717) is 19.3 Å². The van der Waals surface area contributed by atoms with Gasteiger partial charge < -0.3 is 14.6 Å². The molecule has 0 heterocycles. The molecule has 0 aromatic carbocycles. The van der Waals surface area contributed by atoms with E-state index in [-0.39, 0.29) is 43.0 Å². The Balaban J connectivity index is 1.71. The van der Waals surface area contributed by atoms with Crippen LogP contribution in [-0.4, -0.2) is 62.4 Å². The summed E-state index contributed by atoms with van der Waals surface area (Å²) in [5, 5.41) is 11.6. The Morgan fingerprint density at radius 3 is 2.61 bits per heavy atom. The Morgan fingerprint density at radius 1 is 1.22 bits per heavy atom. The lowest BCUT2D eigenvalue weighted by atomic mass is 9.46. The van der Waals surface area contributed by atoms with Crippen molar-refractivity contribution in [3.63, 3.8) is 0 Å². The van der Waals surface area contributed by atoms with E-state index < -0.39 is 51.2 Å². The molecule has 0 spiro atoms. The lowest BCUT2D eigenvalue weighted by Gasteiger charge is -2.59. The van der Waals surface area contributed by atoms with E-state index in [1.165, 1.54) is 0 Å². The number of carbonyl (C=O) groups is 3. The monoisotopic (exact) mass is 524 g/mol. The lowest BCUT2D eigenvalue weighted by molar-refractivity contribution is -0.183. The summed E-state index contributed by atoms with van der Waals surface area (Å²) in [4.78, 5) is 38.3. The van der Waals surface area contributed by atoms with E-state index in [0.717, 1.165) is 18.2 Å². The molecule has 3 fully saturated rings. The molecule has 1 unspecified atom stereocenters. The average Bonchev–Trinajstić information content (AvgIpc) is 3.08. The number of fused-ring (bicyclic) bond motifs is 5. The highest BCUT2D eigenvalue weighted by atomic mass is 32.2. The van der Waals surface area contributed by atoms with Crippen molar-refractivity contribution < 1.29 is 41.6 Å². The first-order valence-corrected chi connectivity index (χ1v) is 14.4. The van der Waals surface area contributed by atoms with Gasteiger partial charge in [0, 0.05) is 16.7 Å². The van der Waals surface area contributed by atoms with Crippen LogP contribution in [0.4, 0.5) is 4.79 Å². The van der Waals surface area contributed by atoms with Gasteiger partial charge in [0.2, 0.25) is 5.78 Å². The fourth-order valence-electron chi connectivity index (χ4n) is 7.63. The molecule has 0 aromatic heterocycles. The SMILES string of the molecule is CCCOC(=O)O[C@]1(C(=O)COS(C)(=O)=O)CC[C@H]2[C@@H]3CCC4=CC(=O)C=C[C@]4(C)[C@H]3C(O)C[C@@]21C. The van der Waals surface area contributed by atoms with Crippen LogP contribution in [0, 0.1) is 28.6 Å². The summed E-state index contributed by atoms with van der Waals surface area (Å²) in [6.45, 7) is 5.09. The fraction of sp³-hybridized carbons (Fsp3) is 0.731. The molecule has 0 bridgehead atoms. The number of aliphatic hydroxyl groups excluding tert-OH is 1. The van der Waals surface area contributed by atoms with Crippen molar-refractivity contribution in [1.29, 1.82) is 0 Å². The van der Waals surface area contributed by atoms with Crippen LogP contribution in [-0.2, 0) is 33.4 Å². The van der Waals surface area contributed by atoms with Gasteiger partial charge in [0.05, 0.1) is 19.0 Å². The number of carbonyl (C=O) groups excluding carboxylic acids is 3. The minimum Gasteiger partial charge on any atom is -0.434 e. The number of aliphatic hydroxyl groups is 1. The van der Waals surface area contributed by atoms with Gasteiger partial charge in [-0.15, -0.1) is 0 Å². The molecule has 1 N–H and O–H groups in total. The largest absolute Gasteiger partial charge is 0.509 e. The zero-order valence-electron chi connectivity index (χ0n) is 21.3. The number of rotatable bonds is 7. The maximum absolute atomic E-state index is 13.6. The summed E-state index contributed by atoms with van der Waals surface area (Å²) in [6, 6.07) is 0. The Labute approximate surface area is 212 Å². The van der Waals surface area contributed by atoms with Crippen molar-refractivity contribution in [3.8, 4) is 0 Å². The number of hydrogen-bond acceptors (Lipinski definition) is 9. The number of hydrogen-bond donors (Lipinski definition) is 1. The number of allylic oxidation sites excluding steroid dienone is 4. The third-order valence-corrected chi connectivity index (χ3v) is 9.70. The summed E-state index contributed by atoms with van der Waals surface area (Å²) in [7, 11) is -3.91. The van der Waals surface area contributed by atoms with E-state index >= 15 is 0 Å². The second-order valence-corrected chi connectivity index (χ2v) is 12.8. The van der Waals surface area contributed by atoms with Gasteiger partial charge in [0.25, 0.3) is 10.1 Å². The van der Waals surface area contributed by atoms with Crippen molar-refractivity contribution in [1.82, 2.24) is 0 Å². The van der Waals surface area contributed by atoms with Crippen molar-refractivity contribution in [2.24, 2.45) is 28.6 Å². The summed E-state index contributed by atoms with van der Waals surface area (Å²) in [6.07, 6.45) is 7.09. The van der Waals surface area contributed by atoms with Crippen molar-refractivity contribution in [3.05, 3.63) is 23.8 Å². The molecule has 0 saturated heterocycles. The Kier molecular flexibility index (Phi) is 7.03. The first-order chi connectivity index (χ1) is 16.8. The summed E-state index contributed by atoms with van der Waals surface area (Å²) in [5.74, 6) is -0.921. The van der Waals surface area contributed by atoms with Crippen molar-refractivity contribution in [2.75, 3.05) is 19.5 Å². The van der Waals surface area contributed by atoms with E-state index in [4.69, 9.17) is 13.7 Å². The van der Waals surface area contributed by atoms with Gasteiger partial charge in [-0.1, -0.05) is 32.4 Å². The van der Waals surface area contributed by atoms with Gasteiger partial charge in [-0.05, 0) is 62.5 Å². The highest BCUT2D eigenvalue weighted by Gasteiger charge is 2.70. The third kappa shape index (κ3) is 4.35. The minimum absolute atomic E-state index is 0.0134. The molecule has 4 aliphatic carbocycles. The first-order valence-electron chi connectivity index (χ1n) is 12.6. The van der Waals surface area contributed by atoms with E-state index in [2.05, 4.69) is 6.92 Å². The maximum atomic E-state index is 13.6. The van der Waals surface area contributed by atoms with Gasteiger partial charge in [-0.3, -0.25) is 13.8 Å². The van der Waals surface area contributed by atoms with Crippen LogP contribution in [0.5, 0.6) is 0 Å². The predicted molar refractivity (Wildman–Crippen MR) is 129 cm³/mol. The van der Waals surface area contributed by atoms with Crippen LogP contribution in [0.3, 0.4) is 0 Å². The van der Waals surface area contributed by atoms with Crippen LogP contribution in [0.25, 0.3) is 0 Å². The summed E-state index contributed by atoms with van der Waals surface area (Å²) in [5.41, 5.74) is -2.11. The van der Waals surface area contributed by atoms with Crippen LogP contribution in [0.2, 0.25) is 0 Å². The van der Waals surface area contributed by atoms with Crippen molar-refractivity contribution >= 4 is 27.8 Å². The molecule has 0 aromatic rings. The molecule has 4 aliphatic rings. The molecule has 9 nitrogen and oxygen atoms in total. The molecule has 36 heavy (non-hydrogen) atoms.